The average molecular weight is 471 g/mol. The Labute approximate surface area is 202 Å². The number of aliphatic hydroxyl groups is 2. The highest BCUT2D eigenvalue weighted by atomic mass is 16.5. The number of aliphatic hydroxyl groups excluding tert-OH is 2. The summed E-state index contributed by atoms with van der Waals surface area (Å²) in [6.45, 7) is 5.10. The smallest absolute Gasteiger partial charge is 0.252 e. The largest absolute Gasteiger partial charge is 0.436 e. The zero-order valence-corrected chi connectivity index (χ0v) is 19.6. The van der Waals surface area contributed by atoms with Gasteiger partial charge in [0.05, 0.1) is 6.61 Å². The fraction of sp³-hybridized carbons (Fsp3) is 0.222. The highest BCUT2D eigenvalue weighted by Crippen LogP contribution is 2.36. The summed E-state index contributed by atoms with van der Waals surface area (Å²) in [6, 6.07) is 18.0. The molecular formula is C27H26N4O4. The summed E-state index contributed by atoms with van der Waals surface area (Å²) >= 11 is 0. The SMILES string of the molecule is Cc1c(-c2noc(CO)n2)cccc1-c1cccc(-c2nc3cc(CNCCO)ccc3o2)c1C. The fourth-order valence-corrected chi connectivity index (χ4v) is 4.27. The molecule has 3 N–H and O–H groups in total. The number of oxazole rings is 1. The number of nitrogens with zero attached hydrogens (tertiary/aromatic N) is 3. The van der Waals surface area contributed by atoms with Gasteiger partial charge >= 0.3 is 0 Å². The maximum Gasteiger partial charge on any atom is 0.252 e. The van der Waals surface area contributed by atoms with Gasteiger partial charge in [0.15, 0.2) is 5.58 Å². The van der Waals surface area contributed by atoms with E-state index in [2.05, 4.69) is 34.5 Å². The first-order valence-electron chi connectivity index (χ1n) is 11.4. The van der Waals surface area contributed by atoms with Gasteiger partial charge in [0.1, 0.15) is 12.1 Å². The van der Waals surface area contributed by atoms with Crippen molar-refractivity contribution in [1.82, 2.24) is 20.4 Å². The van der Waals surface area contributed by atoms with E-state index in [0.29, 0.717) is 24.8 Å². The Morgan fingerprint density at radius 3 is 2.29 bits per heavy atom. The van der Waals surface area contributed by atoms with E-state index in [1.165, 1.54) is 0 Å². The summed E-state index contributed by atoms with van der Waals surface area (Å²) in [5, 5.41) is 25.4. The summed E-state index contributed by atoms with van der Waals surface area (Å²) in [7, 11) is 0. The molecule has 0 aliphatic carbocycles. The molecule has 0 radical (unpaired) electrons. The molecule has 2 aromatic heterocycles. The first-order valence-corrected chi connectivity index (χ1v) is 11.4. The van der Waals surface area contributed by atoms with Crippen molar-refractivity contribution in [3.05, 3.63) is 77.2 Å². The van der Waals surface area contributed by atoms with Crippen molar-refractivity contribution in [3.63, 3.8) is 0 Å². The number of hydrogen-bond donors (Lipinski definition) is 3. The van der Waals surface area contributed by atoms with Crippen molar-refractivity contribution in [2.45, 2.75) is 27.0 Å². The quantitative estimate of drug-likeness (QED) is 0.286. The van der Waals surface area contributed by atoms with Crippen LogP contribution in [-0.4, -0.2) is 38.5 Å². The molecule has 0 unspecified atom stereocenters. The molecule has 5 rings (SSSR count). The van der Waals surface area contributed by atoms with Crippen LogP contribution in [0.25, 0.3) is 45.1 Å². The normalized spacial score (nSPS) is 11.4. The highest BCUT2D eigenvalue weighted by molar-refractivity contribution is 5.83. The van der Waals surface area contributed by atoms with E-state index in [1.807, 2.05) is 49.4 Å². The molecule has 5 aromatic rings. The van der Waals surface area contributed by atoms with Gasteiger partial charge in [-0.2, -0.15) is 4.98 Å². The lowest BCUT2D eigenvalue weighted by Gasteiger charge is -2.13. The van der Waals surface area contributed by atoms with E-state index in [4.69, 9.17) is 19.0 Å². The van der Waals surface area contributed by atoms with Crippen LogP contribution >= 0.6 is 0 Å². The van der Waals surface area contributed by atoms with Crippen molar-refractivity contribution >= 4 is 11.1 Å². The van der Waals surface area contributed by atoms with Crippen LogP contribution in [0.2, 0.25) is 0 Å². The van der Waals surface area contributed by atoms with Crippen molar-refractivity contribution in [2.24, 2.45) is 0 Å². The second kappa shape index (κ2) is 9.79. The topological polar surface area (TPSA) is 117 Å². The summed E-state index contributed by atoms with van der Waals surface area (Å²) < 4.78 is 11.2. The van der Waals surface area contributed by atoms with E-state index < -0.39 is 0 Å². The lowest BCUT2D eigenvalue weighted by molar-refractivity contribution is 0.222. The van der Waals surface area contributed by atoms with Crippen LogP contribution in [0.5, 0.6) is 0 Å². The number of nitrogens with one attached hydrogen (secondary N) is 1. The van der Waals surface area contributed by atoms with E-state index in [1.54, 1.807) is 0 Å². The standard InChI is InChI=1S/C27H26N4O4/c1-16-19(5-3-7-21(16)26-30-25(15-33)35-31-26)20-6-4-8-22(17(20)2)27-29-23-13-18(14-28-11-12-32)9-10-24(23)34-27/h3-10,13,28,32-33H,11-12,14-15H2,1-2H3. The third kappa shape index (κ3) is 4.46. The molecule has 0 aliphatic rings. The predicted molar refractivity (Wildman–Crippen MR) is 132 cm³/mol. The van der Waals surface area contributed by atoms with Crippen molar-refractivity contribution in [2.75, 3.05) is 13.2 Å². The molecule has 0 spiro atoms. The Kier molecular flexibility index (Phi) is 6.41. The Balaban J connectivity index is 1.52. The van der Waals surface area contributed by atoms with Gasteiger partial charge in [-0.15, -0.1) is 0 Å². The molecule has 0 amide bonds. The van der Waals surface area contributed by atoms with E-state index >= 15 is 0 Å². The third-order valence-corrected chi connectivity index (χ3v) is 6.10. The molecule has 8 nitrogen and oxygen atoms in total. The summed E-state index contributed by atoms with van der Waals surface area (Å²) in [5.41, 5.74) is 8.53. The van der Waals surface area contributed by atoms with Crippen molar-refractivity contribution in [1.29, 1.82) is 0 Å². The number of fused-ring (bicyclic) bond motifs is 1. The zero-order valence-electron chi connectivity index (χ0n) is 19.6. The number of benzene rings is 3. The molecule has 0 aliphatic heterocycles. The summed E-state index contributed by atoms with van der Waals surface area (Å²) in [6.07, 6.45) is 0. The minimum Gasteiger partial charge on any atom is -0.436 e. The van der Waals surface area contributed by atoms with Gasteiger partial charge in [0.25, 0.3) is 5.89 Å². The Morgan fingerprint density at radius 1 is 0.857 bits per heavy atom. The average Bonchev–Trinajstić information content (AvgIpc) is 3.51. The molecule has 0 atom stereocenters. The van der Waals surface area contributed by atoms with E-state index in [9.17, 15) is 5.11 Å². The minimum absolute atomic E-state index is 0.104. The van der Waals surface area contributed by atoms with Gasteiger partial charge in [0, 0.05) is 24.2 Å². The first kappa shape index (κ1) is 22.9. The summed E-state index contributed by atoms with van der Waals surface area (Å²) in [5.74, 6) is 1.20. The van der Waals surface area contributed by atoms with Crippen molar-refractivity contribution < 1.29 is 19.2 Å². The van der Waals surface area contributed by atoms with Crippen molar-refractivity contribution in [3.8, 4) is 34.0 Å². The van der Waals surface area contributed by atoms with E-state index in [0.717, 1.165) is 50.0 Å². The number of rotatable bonds is 8. The predicted octanol–water partition coefficient (Wildman–Crippen LogP) is 4.40. The molecule has 3 aromatic carbocycles. The van der Waals surface area contributed by atoms with Crippen LogP contribution in [0.4, 0.5) is 0 Å². The van der Waals surface area contributed by atoms with Crippen LogP contribution < -0.4 is 5.32 Å². The van der Waals surface area contributed by atoms with Crippen LogP contribution in [0.1, 0.15) is 22.6 Å². The van der Waals surface area contributed by atoms with Gasteiger partial charge in [-0.05, 0) is 59.9 Å². The van der Waals surface area contributed by atoms with Crippen LogP contribution in [-0.2, 0) is 13.2 Å². The molecule has 0 bridgehead atoms. The highest BCUT2D eigenvalue weighted by Gasteiger charge is 2.18. The fourth-order valence-electron chi connectivity index (χ4n) is 4.27. The molecule has 35 heavy (non-hydrogen) atoms. The van der Waals surface area contributed by atoms with Crippen LogP contribution in [0.3, 0.4) is 0 Å². The molecular weight excluding hydrogens is 444 g/mol. The first-order chi connectivity index (χ1) is 17.1. The van der Waals surface area contributed by atoms with Gasteiger partial charge in [-0.3, -0.25) is 0 Å². The molecule has 0 saturated heterocycles. The van der Waals surface area contributed by atoms with Crippen LogP contribution in [0.15, 0.2) is 63.5 Å². The van der Waals surface area contributed by atoms with Gasteiger partial charge < -0.3 is 24.5 Å². The molecule has 2 heterocycles. The van der Waals surface area contributed by atoms with Gasteiger partial charge in [-0.1, -0.05) is 41.6 Å². The van der Waals surface area contributed by atoms with Gasteiger partial charge in [-0.25, -0.2) is 4.98 Å². The Hall–Kier alpha value is -3.85. The summed E-state index contributed by atoms with van der Waals surface area (Å²) in [4.78, 5) is 9.03. The zero-order chi connectivity index (χ0) is 24.4. The van der Waals surface area contributed by atoms with E-state index in [-0.39, 0.29) is 19.1 Å². The number of aromatic nitrogens is 3. The molecule has 8 heteroatoms. The third-order valence-electron chi connectivity index (χ3n) is 6.10. The maximum atomic E-state index is 9.27. The van der Waals surface area contributed by atoms with Crippen LogP contribution in [0, 0.1) is 13.8 Å². The van der Waals surface area contributed by atoms with Gasteiger partial charge in [0.2, 0.25) is 11.7 Å². The Bertz CT molecular complexity index is 1490. The second-order valence-corrected chi connectivity index (χ2v) is 8.35. The molecule has 0 fully saturated rings. The lowest BCUT2D eigenvalue weighted by Crippen LogP contribution is -2.17. The number of hydrogen-bond acceptors (Lipinski definition) is 8. The maximum absolute atomic E-state index is 9.27. The Morgan fingerprint density at radius 2 is 1.57 bits per heavy atom. The lowest BCUT2D eigenvalue weighted by atomic mass is 9.91. The second-order valence-electron chi connectivity index (χ2n) is 8.35. The molecule has 0 saturated carbocycles. The molecule has 178 valence electrons. The minimum atomic E-state index is -0.294. The monoisotopic (exact) mass is 470 g/mol.